The molecule has 33 heavy (non-hydrogen) atoms. The summed E-state index contributed by atoms with van der Waals surface area (Å²) in [4.78, 5) is 14.5. The summed E-state index contributed by atoms with van der Waals surface area (Å²) in [5, 5.41) is 3.22. The normalized spacial score (nSPS) is 14.3. The van der Waals surface area contributed by atoms with E-state index in [1.807, 2.05) is 24.0 Å². The molecule has 0 aliphatic carbocycles. The summed E-state index contributed by atoms with van der Waals surface area (Å²) < 4.78 is 45.4. The Morgan fingerprint density at radius 1 is 1.12 bits per heavy atom. The Balaban J connectivity index is 1.53. The Morgan fingerprint density at radius 2 is 1.88 bits per heavy atom. The second kappa shape index (κ2) is 9.35. The highest BCUT2D eigenvalue weighted by Gasteiger charge is 2.32. The molecule has 1 aromatic heterocycles. The zero-order valence-electron chi connectivity index (χ0n) is 17.9. The van der Waals surface area contributed by atoms with Crippen LogP contribution in [-0.2, 0) is 11.0 Å². The van der Waals surface area contributed by atoms with Gasteiger partial charge in [0.1, 0.15) is 11.5 Å². The second-order valence-corrected chi connectivity index (χ2v) is 8.27. The average Bonchev–Trinajstić information content (AvgIpc) is 3.46. The highest BCUT2D eigenvalue weighted by atomic mass is 35.5. The van der Waals surface area contributed by atoms with E-state index in [-0.39, 0.29) is 5.69 Å². The quantitative estimate of drug-likeness (QED) is 0.398. The average molecular weight is 475 g/mol. The van der Waals surface area contributed by atoms with Gasteiger partial charge in [-0.25, -0.2) is 0 Å². The van der Waals surface area contributed by atoms with Crippen molar-refractivity contribution in [2.45, 2.75) is 25.9 Å². The van der Waals surface area contributed by atoms with Gasteiger partial charge < -0.3 is 14.6 Å². The minimum absolute atomic E-state index is 0.135. The van der Waals surface area contributed by atoms with Crippen molar-refractivity contribution in [2.24, 2.45) is 0 Å². The van der Waals surface area contributed by atoms with Gasteiger partial charge in [-0.1, -0.05) is 23.7 Å². The van der Waals surface area contributed by atoms with Gasteiger partial charge in [0, 0.05) is 29.8 Å². The van der Waals surface area contributed by atoms with Crippen molar-refractivity contribution in [3.05, 3.63) is 76.5 Å². The zero-order chi connectivity index (χ0) is 23.6. The number of nitrogens with one attached hydrogen (secondary N) is 1. The molecule has 1 aliphatic rings. The molecule has 2 heterocycles. The lowest BCUT2D eigenvalue weighted by molar-refractivity contribution is -0.137. The summed E-state index contributed by atoms with van der Waals surface area (Å²) in [5.41, 5.74) is 1.62. The molecule has 1 amide bonds. The summed E-state index contributed by atoms with van der Waals surface area (Å²) in [6.07, 6.45) is 0.133. The lowest BCUT2D eigenvalue weighted by atomic mass is 10.1. The zero-order valence-corrected chi connectivity index (χ0v) is 18.6. The summed E-state index contributed by atoms with van der Waals surface area (Å²) in [7, 11) is 0. The molecule has 4 rings (SSSR count). The number of benzene rings is 2. The van der Waals surface area contributed by atoms with Gasteiger partial charge in [-0.2, -0.15) is 13.2 Å². The Labute approximate surface area is 194 Å². The van der Waals surface area contributed by atoms with E-state index < -0.39 is 17.6 Å². The Morgan fingerprint density at radius 3 is 2.61 bits per heavy atom. The second-order valence-electron chi connectivity index (χ2n) is 7.86. The predicted molar refractivity (Wildman–Crippen MR) is 124 cm³/mol. The lowest BCUT2D eigenvalue weighted by Crippen LogP contribution is -2.21. The molecule has 0 atom stereocenters. The van der Waals surface area contributed by atoms with Crippen LogP contribution in [0.25, 0.3) is 17.4 Å². The maximum absolute atomic E-state index is 13.2. The van der Waals surface area contributed by atoms with Crippen LogP contribution < -0.4 is 10.2 Å². The van der Waals surface area contributed by atoms with Crippen LogP contribution >= 0.6 is 11.6 Å². The maximum Gasteiger partial charge on any atom is 0.416 e. The molecule has 3 aromatic rings. The molecule has 2 aromatic carbocycles. The first-order valence-electron chi connectivity index (χ1n) is 10.5. The number of furan rings is 1. The fourth-order valence-electron chi connectivity index (χ4n) is 3.84. The molecule has 1 N–H and O–H groups in total. The number of hydrogen-bond donors (Lipinski definition) is 1. The largest absolute Gasteiger partial charge is 0.457 e. The molecular weight excluding hydrogens is 453 g/mol. The summed E-state index contributed by atoms with van der Waals surface area (Å²) >= 11 is 6.17. The van der Waals surface area contributed by atoms with Crippen molar-refractivity contribution in [2.75, 3.05) is 23.3 Å². The van der Waals surface area contributed by atoms with E-state index in [9.17, 15) is 18.0 Å². The fourth-order valence-corrected chi connectivity index (χ4v) is 4.01. The van der Waals surface area contributed by atoms with Gasteiger partial charge in [0.15, 0.2) is 0 Å². The number of amides is 1. The van der Waals surface area contributed by atoms with Crippen molar-refractivity contribution < 1.29 is 22.4 Å². The first-order chi connectivity index (χ1) is 15.7. The van der Waals surface area contributed by atoms with E-state index in [0.717, 1.165) is 49.2 Å². The number of hydrogen-bond acceptors (Lipinski definition) is 3. The molecule has 0 bridgehead atoms. The molecule has 0 saturated carbocycles. The molecule has 172 valence electrons. The number of anilines is 2. The lowest BCUT2D eigenvalue weighted by Gasteiger charge is -2.22. The van der Waals surface area contributed by atoms with Crippen molar-refractivity contribution in [1.82, 2.24) is 0 Å². The van der Waals surface area contributed by atoms with Crippen LogP contribution in [0.1, 0.15) is 29.7 Å². The number of carbonyl (C=O) groups is 1. The van der Waals surface area contributed by atoms with E-state index in [1.165, 1.54) is 18.2 Å². The molecule has 0 radical (unpaired) electrons. The number of nitrogens with zero attached hydrogens (tertiary/aromatic N) is 1. The van der Waals surface area contributed by atoms with Gasteiger partial charge in [-0.05, 0) is 67.8 Å². The Bertz CT molecular complexity index is 1190. The van der Waals surface area contributed by atoms with Gasteiger partial charge in [-0.3, -0.25) is 4.79 Å². The molecule has 4 nitrogen and oxygen atoms in total. The number of alkyl halides is 3. The molecule has 8 heteroatoms. The molecule has 1 aliphatic heterocycles. The van der Waals surface area contributed by atoms with Crippen molar-refractivity contribution in [3.63, 3.8) is 0 Å². The van der Waals surface area contributed by atoms with Crippen molar-refractivity contribution in [1.29, 1.82) is 0 Å². The Kier molecular flexibility index (Phi) is 6.51. The van der Waals surface area contributed by atoms with Crippen LogP contribution in [0.15, 0.2) is 59.0 Å². The number of halogens is 4. The molecule has 1 saturated heterocycles. The first-order valence-corrected chi connectivity index (χ1v) is 10.9. The van der Waals surface area contributed by atoms with Crippen molar-refractivity contribution in [3.8, 4) is 11.3 Å². The van der Waals surface area contributed by atoms with Crippen LogP contribution in [0.2, 0.25) is 5.02 Å². The number of carbonyl (C=O) groups excluding carboxylic acids is 1. The third kappa shape index (κ3) is 5.25. The molecule has 1 fully saturated rings. The molecule has 0 spiro atoms. The van der Waals surface area contributed by atoms with Gasteiger partial charge >= 0.3 is 6.18 Å². The highest BCUT2D eigenvalue weighted by Crippen LogP contribution is 2.36. The van der Waals surface area contributed by atoms with Crippen molar-refractivity contribution >= 4 is 35.0 Å². The maximum atomic E-state index is 13.2. The van der Waals surface area contributed by atoms with E-state index in [0.29, 0.717) is 22.2 Å². The van der Waals surface area contributed by atoms with E-state index >= 15 is 0 Å². The van der Waals surface area contributed by atoms with Gasteiger partial charge in [0.25, 0.3) is 0 Å². The van der Waals surface area contributed by atoms with Crippen LogP contribution in [0, 0.1) is 6.92 Å². The van der Waals surface area contributed by atoms with E-state index in [4.69, 9.17) is 16.0 Å². The predicted octanol–water partition coefficient (Wildman–Crippen LogP) is 7.18. The van der Waals surface area contributed by atoms with Gasteiger partial charge in [-0.15, -0.1) is 0 Å². The van der Waals surface area contributed by atoms with Crippen LogP contribution in [-0.4, -0.2) is 19.0 Å². The third-order valence-electron chi connectivity index (χ3n) is 5.59. The monoisotopic (exact) mass is 474 g/mol. The molecular formula is C25H22ClF3N2O2. The summed E-state index contributed by atoms with van der Waals surface area (Å²) in [6, 6.07) is 12.4. The smallest absolute Gasteiger partial charge is 0.416 e. The van der Waals surface area contributed by atoms with Crippen LogP contribution in [0.5, 0.6) is 0 Å². The number of rotatable bonds is 5. The topological polar surface area (TPSA) is 45.5 Å². The minimum Gasteiger partial charge on any atom is -0.457 e. The third-order valence-corrected chi connectivity index (χ3v) is 6.00. The summed E-state index contributed by atoms with van der Waals surface area (Å²) in [6.45, 7) is 3.36. The first kappa shape index (κ1) is 23.0. The van der Waals surface area contributed by atoms with Crippen LogP contribution in [0.4, 0.5) is 24.5 Å². The standard InChI is InChI=1S/C25H22ClF3N2O2/c1-16-19(5-4-6-20(16)26)23-11-8-18(33-23)9-12-24(32)30-21-15-17(25(27,28)29)7-10-22(21)31-13-2-3-14-31/h4-12,15H,2-3,13-14H2,1H3,(H,30,32)/b12-9+. The van der Waals surface area contributed by atoms with E-state index in [1.54, 1.807) is 18.2 Å². The minimum atomic E-state index is -4.50. The molecule has 0 unspecified atom stereocenters. The fraction of sp³-hybridized carbons (Fsp3) is 0.240. The highest BCUT2D eigenvalue weighted by molar-refractivity contribution is 6.31. The SMILES string of the molecule is Cc1c(Cl)cccc1-c1ccc(/C=C/C(=O)Nc2cc(C(F)(F)F)ccc2N2CCCC2)o1. The van der Waals surface area contributed by atoms with Gasteiger partial charge in [0.2, 0.25) is 5.91 Å². The Hall–Kier alpha value is -3.19. The van der Waals surface area contributed by atoms with E-state index in [2.05, 4.69) is 5.32 Å². The summed E-state index contributed by atoms with van der Waals surface area (Å²) in [5.74, 6) is 0.485. The van der Waals surface area contributed by atoms with Crippen LogP contribution in [0.3, 0.4) is 0 Å². The van der Waals surface area contributed by atoms with Gasteiger partial charge in [0.05, 0.1) is 16.9 Å².